The molecule has 3 aromatic carbocycles. The maximum Gasteiger partial charge on any atom is 0.416 e. The van der Waals surface area contributed by atoms with Crippen LogP contribution < -0.4 is 10.6 Å². The first-order valence-electron chi connectivity index (χ1n) is 16.8. The Kier molecular flexibility index (Phi) is 11.4. The third-order valence-electron chi connectivity index (χ3n) is 9.01. The molecule has 0 radical (unpaired) electrons. The van der Waals surface area contributed by atoms with Crippen molar-refractivity contribution in [2.75, 3.05) is 6.54 Å². The fraction of sp³-hybridized carbons (Fsp3) is 0.282. The van der Waals surface area contributed by atoms with Gasteiger partial charge in [0.15, 0.2) is 0 Å². The molecule has 4 atom stereocenters. The monoisotopic (exact) mass is 747 g/mol. The Balaban J connectivity index is 1.26. The second-order valence-electron chi connectivity index (χ2n) is 12.8. The average Bonchev–Trinajstić information content (AvgIpc) is 3.80. The number of aryl methyl sites for hydroxylation is 1. The van der Waals surface area contributed by atoms with Gasteiger partial charge in [-0.1, -0.05) is 72.3 Å². The van der Waals surface area contributed by atoms with Crippen LogP contribution in [0.1, 0.15) is 80.1 Å². The van der Waals surface area contributed by atoms with Crippen molar-refractivity contribution in [3.63, 3.8) is 0 Å². The number of hydrogen-bond donors (Lipinski definition) is 3. The number of pyridine rings is 1. The molecule has 1 fully saturated rings. The Labute approximate surface area is 308 Å². The summed E-state index contributed by atoms with van der Waals surface area (Å²) in [6, 6.07) is 22.1. The number of aliphatic hydroxyl groups is 1. The first-order valence-corrected chi connectivity index (χ1v) is 18.1. The molecule has 0 spiro atoms. The molecule has 0 saturated carbocycles. The van der Waals surface area contributed by atoms with Crippen LogP contribution in [0.5, 0.6) is 0 Å². The summed E-state index contributed by atoms with van der Waals surface area (Å²) in [4.78, 5) is 39.1. The number of benzene rings is 3. The summed E-state index contributed by atoms with van der Waals surface area (Å²) in [5.41, 5.74) is 2.40. The second-order valence-corrected chi connectivity index (χ2v) is 14.2. The maximum atomic E-state index is 14.1. The lowest BCUT2D eigenvalue weighted by Gasteiger charge is -2.30. The number of thiazole rings is 1. The Bertz CT molecular complexity index is 2040. The highest BCUT2D eigenvalue weighted by atomic mass is 35.5. The highest BCUT2D eigenvalue weighted by Gasteiger charge is 2.34. The molecule has 0 aliphatic carbocycles. The first kappa shape index (κ1) is 37.1. The van der Waals surface area contributed by atoms with E-state index < -0.39 is 35.8 Å². The van der Waals surface area contributed by atoms with E-state index in [-0.39, 0.29) is 29.8 Å². The van der Waals surface area contributed by atoms with Crippen molar-refractivity contribution in [2.45, 2.75) is 63.6 Å². The van der Waals surface area contributed by atoms with Crippen LogP contribution in [0.3, 0.4) is 0 Å². The van der Waals surface area contributed by atoms with Gasteiger partial charge in [0, 0.05) is 40.3 Å². The lowest BCUT2D eigenvalue weighted by molar-refractivity contribution is -0.137. The summed E-state index contributed by atoms with van der Waals surface area (Å²) < 4.78 is 40.1. The van der Waals surface area contributed by atoms with Crippen molar-refractivity contribution in [3.8, 4) is 11.3 Å². The number of rotatable bonds is 11. The van der Waals surface area contributed by atoms with E-state index in [9.17, 15) is 27.9 Å². The molecule has 1 aliphatic rings. The van der Waals surface area contributed by atoms with Crippen molar-refractivity contribution in [2.24, 2.45) is 0 Å². The predicted molar refractivity (Wildman–Crippen MR) is 195 cm³/mol. The number of likely N-dealkylation sites (tertiary alicyclic amines) is 1. The van der Waals surface area contributed by atoms with Gasteiger partial charge in [0.05, 0.1) is 35.5 Å². The molecule has 13 heteroatoms. The van der Waals surface area contributed by atoms with Gasteiger partial charge in [0.25, 0.3) is 11.8 Å². The first-order chi connectivity index (χ1) is 24.9. The van der Waals surface area contributed by atoms with E-state index >= 15 is 0 Å². The van der Waals surface area contributed by atoms with Crippen molar-refractivity contribution in [1.82, 2.24) is 25.5 Å². The van der Waals surface area contributed by atoms with Crippen molar-refractivity contribution < 1.29 is 27.9 Å². The summed E-state index contributed by atoms with van der Waals surface area (Å²) in [5, 5.41) is 21.0. The molecule has 2 amide bonds. The minimum absolute atomic E-state index is 0.0259. The highest BCUT2D eigenvalue weighted by Crippen LogP contribution is 2.35. The Morgan fingerprint density at radius 1 is 1.02 bits per heavy atom. The van der Waals surface area contributed by atoms with Crippen LogP contribution in [0.2, 0.25) is 5.02 Å². The minimum atomic E-state index is -4.49. The minimum Gasteiger partial charge on any atom is -0.389 e. The normalized spacial score (nSPS) is 16.4. The van der Waals surface area contributed by atoms with Crippen LogP contribution in [-0.4, -0.2) is 50.5 Å². The Morgan fingerprint density at radius 2 is 1.79 bits per heavy atom. The highest BCUT2D eigenvalue weighted by molar-refractivity contribution is 7.09. The maximum absolute atomic E-state index is 14.1. The second kappa shape index (κ2) is 16.0. The standard InChI is InChI=1S/C39H37ClF3N5O3S/c1-23-22-52-37(45-23)33-15-8-16-48(33)38(51)32-20-28(19-31(47-32)27-12-7-14-30(40)18-27)36(50)46-24(2)35(49)34(26-10-4-3-5-11-26)44-21-25-9-6-13-29(17-25)39(41,42)43/h3-7,9-14,17-20,22,24,33-35,44,49H,8,15-16,21H2,1-2H3,(H,46,50). The molecular weight excluding hydrogens is 711 g/mol. The van der Waals surface area contributed by atoms with Gasteiger partial charge in [-0.3, -0.25) is 9.59 Å². The zero-order valence-corrected chi connectivity index (χ0v) is 30.0. The van der Waals surface area contributed by atoms with Gasteiger partial charge in [-0.25, -0.2) is 9.97 Å². The van der Waals surface area contributed by atoms with Gasteiger partial charge in [0.2, 0.25) is 0 Å². The van der Waals surface area contributed by atoms with Crippen molar-refractivity contribution in [3.05, 3.63) is 140 Å². The molecule has 4 unspecified atom stereocenters. The van der Waals surface area contributed by atoms with Crippen LogP contribution in [0, 0.1) is 6.92 Å². The molecule has 270 valence electrons. The van der Waals surface area contributed by atoms with Gasteiger partial charge in [-0.15, -0.1) is 11.3 Å². The van der Waals surface area contributed by atoms with Crippen LogP contribution in [-0.2, 0) is 12.7 Å². The Morgan fingerprint density at radius 3 is 2.50 bits per heavy atom. The lowest BCUT2D eigenvalue weighted by atomic mass is 9.96. The summed E-state index contributed by atoms with van der Waals surface area (Å²) in [5.74, 6) is -0.881. The topological polar surface area (TPSA) is 107 Å². The number of nitrogens with one attached hydrogen (secondary N) is 2. The zero-order chi connectivity index (χ0) is 37.0. The molecule has 3 heterocycles. The number of aliphatic hydroxyl groups excluding tert-OH is 1. The number of hydrogen-bond acceptors (Lipinski definition) is 7. The summed E-state index contributed by atoms with van der Waals surface area (Å²) in [6.45, 7) is 4.09. The summed E-state index contributed by atoms with van der Waals surface area (Å²) >= 11 is 7.80. The molecule has 0 bridgehead atoms. The number of carbonyl (C=O) groups excluding carboxylic acids is 2. The SMILES string of the molecule is Cc1csc(C2CCCN2C(=O)c2cc(C(=O)NC(C)C(O)C(NCc3cccc(C(F)(F)F)c3)c3ccccc3)cc(-c3cccc(Cl)c3)n2)n1. The number of carbonyl (C=O) groups is 2. The van der Waals surface area contributed by atoms with Gasteiger partial charge >= 0.3 is 6.18 Å². The van der Waals surface area contributed by atoms with Crippen LogP contribution >= 0.6 is 22.9 Å². The van der Waals surface area contributed by atoms with E-state index in [1.807, 2.05) is 18.4 Å². The molecule has 3 N–H and O–H groups in total. The molecule has 2 aromatic heterocycles. The van der Waals surface area contributed by atoms with E-state index in [1.54, 1.807) is 72.5 Å². The Hall–Kier alpha value is -4.62. The van der Waals surface area contributed by atoms with Crippen LogP contribution in [0.4, 0.5) is 13.2 Å². The molecule has 5 aromatic rings. The molecule has 1 saturated heterocycles. The van der Waals surface area contributed by atoms with Crippen molar-refractivity contribution in [1.29, 1.82) is 0 Å². The predicted octanol–water partition coefficient (Wildman–Crippen LogP) is 8.17. The third-order valence-corrected chi connectivity index (χ3v) is 10.3. The lowest BCUT2D eigenvalue weighted by Crippen LogP contribution is -2.47. The molecule has 8 nitrogen and oxygen atoms in total. The fourth-order valence-corrected chi connectivity index (χ4v) is 7.48. The molecular formula is C39H37ClF3N5O3S. The van der Waals surface area contributed by atoms with Gasteiger partial charge in [-0.2, -0.15) is 13.2 Å². The van der Waals surface area contributed by atoms with Gasteiger partial charge in [-0.05, 0) is 68.1 Å². The number of amides is 2. The summed E-state index contributed by atoms with van der Waals surface area (Å²) in [6.07, 6.45) is -4.14. The molecule has 6 rings (SSSR count). The fourth-order valence-electron chi connectivity index (χ4n) is 6.35. The summed E-state index contributed by atoms with van der Waals surface area (Å²) in [7, 11) is 0. The number of aromatic nitrogens is 2. The van der Waals surface area contributed by atoms with E-state index in [0.29, 0.717) is 34.0 Å². The zero-order valence-electron chi connectivity index (χ0n) is 28.4. The van der Waals surface area contributed by atoms with E-state index in [1.165, 1.54) is 23.5 Å². The number of alkyl halides is 3. The quantitative estimate of drug-likeness (QED) is 0.126. The third kappa shape index (κ3) is 8.70. The average molecular weight is 748 g/mol. The van der Waals surface area contributed by atoms with Crippen molar-refractivity contribution >= 4 is 34.8 Å². The number of nitrogens with zero attached hydrogens (tertiary/aromatic N) is 3. The van der Waals surface area contributed by atoms with E-state index in [0.717, 1.165) is 35.7 Å². The van der Waals surface area contributed by atoms with E-state index in [4.69, 9.17) is 11.6 Å². The largest absolute Gasteiger partial charge is 0.416 e. The van der Waals surface area contributed by atoms with Gasteiger partial charge < -0.3 is 20.6 Å². The van der Waals surface area contributed by atoms with Crippen LogP contribution in [0.15, 0.2) is 96.4 Å². The number of halogens is 4. The smallest absolute Gasteiger partial charge is 0.389 e. The van der Waals surface area contributed by atoms with Gasteiger partial charge in [0.1, 0.15) is 10.7 Å². The van der Waals surface area contributed by atoms with Crippen LogP contribution in [0.25, 0.3) is 11.3 Å². The molecule has 1 aliphatic heterocycles. The molecule has 52 heavy (non-hydrogen) atoms. The van der Waals surface area contributed by atoms with E-state index in [2.05, 4.69) is 20.6 Å².